The Bertz CT molecular complexity index is 1830. The Labute approximate surface area is 219 Å². The van der Waals surface area contributed by atoms with Gasteiger partial charge in [0.25, 0.3) is 0 Å². The Hall–Kier alpha value is -4.94. The van der Waals surface area contributed by atoms with Gasteiger partial charge in [0.15, 0.2) is 0 Å². The Morgan fingerprint density at radius 1 is 0.763 bits per heavy atom. The summed E-state index contributed by atoms with van der Waals surface area (Å²) in [5.74, 6) is 0.384. The molecule has 0 radical (unpaired) electrons. The van der Waals surface area contributed by atoms with Crippen molar-refractivity contribution in [3.8, 4) is 11.5 Å². The summed E-state index contributed by atoms with van der Waals surface area (Å²) in [5, 5.41) is 26.3. The van der Waals surface area contributed by atoms with Gasteiger partial charge in [0.1, 0.15) is 11.5 Å². The van der Waals surface area contributed by atoms with E-state index in [2.05, 4.69) is 28.5 Å². The molecule has 5 heterocycles. The van der Waals surface area contributed by atoms with Crippen LogP contribution in [-0.4, -0.2) is 32.7 Å². The molecule has 6 nitrogen and oxygen atoms in total. The zero-order chi connectivity index (χ0) is 25.7. The summed E-state index contributed by atoms with van der Waals surface area (Å²) < 4.78 is 0. The molecule has 8 bridgehead atoms. The molecule has 6 heteroatoms. The second kappa shape index (κ2) is 8.57. The number of aromatic nitrogens is 1. The van der Waals surface area contributed by atoms with Crippen molar-refractivity contribution in [2.45, 2.75) is 11.6 Å². The third-order valence-electron chi connectivity index (χ3n) is 7.07. The van der Waals surface area contributed by atoms with Gasteiger partial charge in [0, 0.05) is 16.3 Å². The van der Waals surface area contributed by atoms with Crippen molar-refractivity contribution in [1.82, 2.24) is 10.3 Å². The summed E-state index contributed by atoms with van der Waals surface area (Å²) in [7, 11) is 0. The van der Waals surface area contributed by atoms with Crippen molar-refractivity contribution in [2.24, 2.45) is 9.98 Å². The van der Waals surface area contributed by atoms with Gasteiger partial charge in [-0.05, 0) is 90.1 Å². The number of nitrogens with one attached hydrogen (secondary N) is 2. The van der Waals surface area contributed by atoms with Crippen molar-refractivity contribution in [2.75, 3.05) is 0 Å². The monoisotopic (exact) mass is 496 g/mol. The molecule has 0 saturated carbocycles. The maximum Gasteiger partial charge on any atom is 0.116 e. The summed E-state index contributed by atoms with van der Waals surface area (Å²) >= 11 is 0. The number of aliphatic imine (C=N–C) groups is 2. The number of rotatable bonds is 2. The van der Waals surface area contributed by atoms with Crippen LogP contribution in [-0.2, 0) is 5.54 Å². The third kappa shape index (κ3) is 3.97. The summed E-state index contributed by atoms with van der Waals surface area (Å²) in [6.45, 7) is 0. The molecule has 0 aliphatic carbocycles. The average molecular weight is 497 g/mol. The van der Waals surface area contributed by atoms with Crippen LogP contribution in [0.1, 0.15) is 11.1 Å². The van der Waals surface area contributed by atoms with E-state index in [-0.39, 0.29) is 17.5 Å². The number of fused-ring (bicyclic) bond motifs is 6. The summed E-state index contributed by atoms with van der Waals surface area (Å²) in [6, 6.07) is 18.3. The number of phenols is 2. The Morgan fingerprint density at radius 3 is 2.29 bits per heavy atom. The van der Waals surface area contributed by atoms with Gasteiger partial charge >= 0.3 is 0 Å². The lowest BCUT2D eigenvalue weighted by Crippen LogP contribution is -2.40. The van der Waals surface area contributed by atoms with Gasteiger partial charge in [-0.25, -0.2) is 9.98 Å². The first-order valence-corrected chi connectivity index (χ1v) is 12.5. The lowest BCUT2D eigenvalue weighted by molar-refractivity contribution is 0.469. The Kier molecular flexibility index (Phi) is 5.03. The third-order valence-corrected chi connectivity index (χ3v) is 7.07. The predicted molar refractivity (Wildman–Crippen MR) is 151 cm³/mol. The first kappa shape index (κ1) is 22.3. The maximum absolute atomic E-state index is 10.3. The van der Waals surface area contributed by atoms with Crippen molar-refractivity contribution in [3.63, 3.8) is 0 Å². The predicted octanol–water partition coefficient (Wildman–Crippen LogP) is 3.74. The number of benzene rings is 2. The largest absolute Gasteiger partial charge is 0.508 e. The Morgan fingerprint density at radius 2 is 1.50 bits per heavy atom. The highest BCUT2D eigenvalue weighted by Crippen LogP contribution is 2.39. The zero-order valence-corrected chi connectivity index (χ0v) is 20.3. The van der Waals surface area contributed by atoms with Gasteiger partial charge in [0.2, 0.25) is 0 Å². The van der Waals surface area contributed by atoms with Crippen LogP contribution in [0.15, 0.2) is 125 Å². The highest BCUT2D eigenvalue weighted by atomic mass is 16.3. The number of hydrogen-bond donors (Lipinski definition) is 4. The highest BCUT2D eigenvalue weighted by Gasteiger charge is 2.37. The minimum absolute atomic E-state index is 0.192. The fourth-order valence-electron chi connectivity index (χ4n) is 5.36. The number of phenolic OH excluding ortho intramolecular Hbond substituents is 2. The first-order valence-electron chi connectivity index (χ1n) is 12.5. The SMILES string of the molecule is Oc1cccc(C2=C3C=CC(=N3)C=c3ccc([nH]3)=CC3=NC(=CC4(c5cccc(O)c5)C=CC2N4)C=C3)c1. The van der Waals surface area contributed by atoms with Crippen LogP contribution < -0.4 is 16.0 Å². The smallest absolute Gasteiger partial charge is 0.116 e. The first-order chi connectivity index (χ1) is 18.5. The normalized spacial score (nSPS) is 23.2. The van der Waals surface area contributed by atoms with Crippen LogP contribution >= 0.6 is 0 Å². The molecular formula is C32H24N4O2. The van der Waals surface area contributed by atoms with Crippen LogP contribution in [0.4, 0.5) is 0 Å². The molecule has 4 N–H and O–H groups in total. The Balaban J connectivity index is 1.48. The lowest BCUT2D eigenvalue weighted by Gasteiger charge is -2.29. The number of aromatic amines is 1. The summed E-state index contributed by atoms with van der Waals surface area (Å²) in [5.41, 5.74) is 5.28. The number of allylic oxidation sites excluding steroid dienone is 4. The maximum atomic E-state index is 10.3. The molecule has 7 rings (SSSR count). The molecule has 0 amide bonds. The molecule has 38 heavy (non-hydrogen) atoms. The second-order valence-electron chi connectivity index (χ2n) is 9.72. The topological polar surface area (TPSA) is 93.0 Å². The average Bonchev–Trinajstić information content (AvgIpc) is 3.70. The fraction of sp³-hybridized carbons (Fsp3) is 0.0625. The van der Waals surface area contributed by atoms with E-state index in [9.17, 15) is 10.2 Å². The van der Waals surface area contributed by atoms with Crippen LogP contribution in [0.2, 0.25) is 0 Å². The van der Waals surface area contributed by atoms with Crippen molar-refractivity contribution in [1.29, 1.82) is 0 Å². The van der Waals surface area contributed by atoms with Gasteiger partial charge in [0.05, 0.1) is 34.4 Å². The summed E-state index contributed by atoms with van der Waals surface area (Å²) in [4.78, 5) is 13.2. The molecule has 2 atom stereocenters. The molecule has 184 valence electrons. The van der Waals surface area contributed by atoms with Gasteiger partial charge in [-0.2, -0.15) is 0 Å². The fourth-order valence-corrected chi connectivity index (χ4v) is 5.36. The van der Waals surface area contributed by atoms with Crippen molar-refractivity contribution >= 4 is 29.1 Å². The van der Waals surface area contributed by atoms with E-state index in [1.165, 1.54) is 0 Å². The number of hydrogen-bond acceptors (Lipinski definition) is 5. The molecule has 0 saturated heterocycles. The molecule has 4 aliphatic rings. The van der Waals surface area contributed by atoms with Gasteiger partial charge in [-0.3, -0.25) is 5.32 Å². The van der Waals surface area contributed by atoms with E-state index < -0.39 is 5.54 Å². The van der Waals surface area contributed by atoms with Crippen LogP contribution in [0.5, 0.6) is 11.5 Å². The van der Waals surface area contributed by atoms with E-state index in [0.717, 1.165) is 50.2 Å². The molecule has 1 aromatic heterocycles. The van der Waals surface area contributed by atoms with E-state index in [1.54, 1.807) is 24.3 Å². The van der Waals surface area contributed by atoms with Crippen LogP contribution in [0, 0.1) is 0 Å². The number of H-pyrrole nitrogens is 1. The molecule has 2 aromatic carbocycles. The summed E-state index contributed by atoms with van der Waals surface area (Å²) in [6.07, 6.45) is 18.3. The molecular weight excluding hydrogens is 472 g/mol. The van der Waals surface area contributed by atoms with Crippen molar-refractivity contribution < 1.29 is 10.2 Å². The quantitative estimate of drug-likeness (QED) is 0.407. The van der Waals surface area contributed by atoms with E-state index in [1.807, 2.05) is 72.9 Å². The van der Waals surface area contributed by atoms with Gasteiger partial charge in [-0.1, -0.05) is 36.4 Å². The van der Waals surface area contributed by atoms with Crippen LogP contribution in [0.25, 0.3) is 17.7 Å². The van der Waals surface area contributed by atoms with Gasteiger partial charge < -0.3 is 15.2 Å². The minimum atomic E-state index is -0.734. The molecule has 4 aliphatic heterocycles. The zero-order valence-electron chi connectivity index (χ0n) is 20.3. The van der Waals surface area contributed by atoms with Crippen molar-refractivity contribution in [3.05, 3.63) is 136 Å². The molecule has 3 aromatic rings. The second-order valence-corrected chi connectivity index (χ2v) is 9.72. The van der Waals surface area contributed by atoms with E-state index >= 15 is 0 Å². The number of nitrogens with zero attached hydrogens (tertiary/aromatic N) is 2. The molecule has 0 spiro atoms. The van der Waals surface area contributed by atoms with E-state index in [0.29, 0.717) is 0 Å². The molecule has 2 unspecified atom stereocenters. The minimum Gasteiger partial charge on any atom is -0.508 e. The van der Waals surface area contributed by atoms with E-state index in [4.69, 9.17) is 9.98 Å². The molecule has 0 fully saturated rings. The lowest BCUT2D eigenvalue weighted by atomic mass is 9.89. The van der Waals surface area contributed by atoms with Gasteiger partial charge in [-0.15, -0.1) is 0 Å². The number of aromatic hydroxyl groups is 2. The van der Waals surface area contributed by atoms with Crippen LogP contribution in [0.3, 0.4) is 0 Å². The standard InChI is InChI=1S/C32H24N4O2/c37-27-5-1-3-20(15-27)31-29-12-11-25(35-29)18-23-8-7-22(33-23)17-24-9-10-26(34-24)19-32(14-13-30(31)36-32)21-4-2-6-28(38)16-21/h1-19,30,33,36-38H. The highest BCUT2D eigenvalue weighted by molar-refractivity contribution is 6.20.